The fourth-order valence-electron chi connectivity index (χ4n) is 11.0. The number of rotatable bonds is 71. The van der Waals surface area contributed by atoms with E-state index in [-0.39, 0.29) is 25.7 Å². The zero-order valence-corrected chi connectivity index (χ0v) is 61.8. The largest absolute Gasteiger partial charge is 0.472 e. The number of phosphoric ester groups is 2. The molecule has 0 aliphatic heterocycles. The van der Waals surface area contributed by atoms with E-state index in [0.717, 1.165) is 120 Å². The summed E-state index contributed by atoms with van der Waals surface area (Å²) in [5, 5.41) is 10.6. The number of esters is 4. The molecule has 0 heterocycles. The molecular weight excluding hydrogens is 1210 g/mol. The minimum absolute atomic E-state index is 0.106. The van der Waals surface area contributed by atoms with Gasteiger partial charge in [-0.25, -0.2) is 9.13 Å². The van der Waals surface area contributed by atoms with Crippen molar-refractivity contribution in [2.75, 3.05) is 39.6 Å². The Hall–Kier alpha value is -1.94. The van der Waals surface area contributed by atoms with E-state index in [2.05, 4.69) is 48.5 Å². The Morgan fingerprint density at radius 2 is 0.554 bits per heavy atom. The zero-order chi connectivity index (χ0) is 68.0. The summed E-state index contributed by atoms with van der Waals surface area (Å²) in [4.78, 5) is 72.6. The third-order valence-electron chi connectivity index (χ3n) is 17.2. The van der Waals surface area contributed by atoms with Gasteiger partial charge in [-0.3, -0.25) is 37.3 Å². The number of hydrogen-bond donors (Lipinski definition) is 3. The molecule has 92 heavy (non-hydrogen) atoms. The lowest BCUT2D eigenvalue weighted by molar-refractivity contribution is -0.161. The molecule has 0 bridgehead atoms. The fourth-order valence-corrected chi connectivity index (χ4v) is 12.6. The van der Waals surface area contributed by atoms with Crippen molar-refractivity contribution in [3.8, 4) is 0 Å². The molecule has 0 saturated carbocycles. The van der Waals surface area contributed by atoms with Crippen LogP contribution in [0.4, 0.5) is 0 Å². The van der Waals surface area contributed by atoms with E-state index in [1.165, 1.54) is 167 Å². The molecular formula is C73H142O17P2. The van der Waals surface area contributed by atoms with Crippen LogP contribution in [0.3, 0.4) is 0 Å². The van der Waals surface area contributed by atoms with E-state index in [1.54, 1.807) is 0 Å². The predicted molar refractivity (Wildman–Crippen MR) is 372 cm³/mol. The molecule has 0 spiro atoms. The van der Waals surface area contributed by atoms with Crippen LogP contribution in [0.15, 0.2) is 0 Å². The van der Waals surface area contributed by atoms with Crippen molar-refractivity contribution in [3.05, 3.63) is 0 Å². The van der Waals surface area contributed by atoms with Crippen LogP contribution in [-0.2, 0) is 65.4 Å². The minimum atomic E-state index is -4.95. The van der Waals surface area contributed by atoms with Crippen molar-refractivity contribution in [1.29, 1.82) is 0 Å². The average molecular weight is 1350 g/mol. The normalized spacial score (nSPS) is 14.4. The lowest BCUT2D eigenvalue weighted by Crippen LogP contribution is -2.30. The van der Waals surface area contributed by atoms with Gasteiger partial charge in [0.2, 0.25) is 0 Å². The smallest absolute Gasteiger partial charge is 0.462 e. The molecule has 0 aromatic heterocycles. The second-order valence-electron chi connectivity index (χ2n) is 27.5. The molecule has 6 atom stereocenters. The maximum absolute atomic E-state index is 13.1. The standard InChI is InChI=1S/C73H142O17P2/c1-8-10-11-12-30-40-47-54-70(75)83-60-68(89-73(78)57-50-43-36-29-23-22-26-33-39-46-53-66(7)9-2)62-87-91(79,80)85-58-67(74)59-86-92(81,82)88-63-69(61-84-71(76)55-48-41-34-27-20-17-16-19-25-32-38-45-52-65(5)6)90-72(77)56-49-42-35-28-21-15-13-14-18-24-31-37-44-51-64(3)4/h64-69,74H,8-63H2,1-7H3,(H,79,80)(H,81,82)/t66?,67-,68+,69+/m0/s1. The van der Waals surface area contributed by atoms with Gasteiger partial charge >= 0.3 is 39.5 Å². The Bertz CT molecular complexity index is 1800. The van der Waals surface area contributed by atoms with Crippen LogP contribution in [0.2, 0.25) is 0 Å². The maximum Gasteiger partial charge on any atom is 0.472 e. The van der Waals surface area contributed by atoms with Gasteiger partial charge in [0.05, 0.1) is 26.4 Å². The van der Waals surface area contributed by atoms with Crippen LogP contribution < -0.4 is 0 Å². The summed E-state index contributed by atoms with van der Waals surface area (Å²) in [6.07, 6.45) is 48.5. The van der Waals surface area contributed by atoms with Gasteiger partial charge in [-0.05, 0) is 43.4 Å². The van der Waals surface area contributed by atoms with Crippen LogP contribution in [0.5, 0.6) is 0 Å². The monoisotopic (exact) mass is 1350 g/mol. The summed E-state index contributed by atoms with van der Waals surface area (Å²) in [5.74, 6) is 0.246. The second-order valence-corrected chi connectivity index (χ2v) is 30.4. The first-order valence-electron chi connectivity index (χ1n) is 37.9. The van der Waals surface area contributed by atoms with E-state index in [9.17, 15) is 43.2 Å². The topological polar surface area (TPSA) is 237 Å². The number of phosphoric acid groups is 2. The van der Waals surface area contributed by atoms with Crippen LogP contribution in [0.25, 0.3) is 0 Å². The predicted octanol–water partition coefficient (Wildman–Crippen LogP) is 21.0. The number of carbonyl (C=O) groups excluding carboxylic acids is 4. The Balaban J connectivity index is 5.21. The molecule has 0 rings (SSSR count). The number of ether oxygens (including phenoxy) is 4. The van der Waals surface area contributed by atoms with Gasteiger partial charge in [-0.1, -0.05) is 318 Å². The highest BCUT2D eigenvalue weighted by atomic mass is 31.2. The van der Waals surface area contributed by atoms with Crippen molar-refractivity contribution in [2.24, 2.45) is 17.8 Å². The highest BCUT2D eigenvalue weighted by Crippen LogP contribution is 2.45. The average Bonchev–Trinajstić information content (AvgIpc) is 1.50. The van der Waals surface area contributed by atoms with Gasteiger partial charge in [0, 0.05) is 25.7 Å². The molecule has 0 radical (unpaired) electrons. The number of hydrogen-bond acceptors (Lipinski definition) is 15. The van der Waals surface area contributed by atoms with Gasteiger partial charge in [0.1, 0.15) is 19.3 Å². The summed E-state index contributed by atoms with van der Waals surface area (Å²) in [6, 6.07) is 0. The number of aliphatic hydroxyl groups is 1. The van der Waals surface area contributed by atoms with Crippen LogP contribution in [0, 0.1) is 17.8 Å². The SMILES string of the molecule is CCCCCCCCCC(=O)OC[C@H](COP(=O)(O)OC[C@H](O)COP(=O)(O)OC[C@@H](COC(=O)CCCCCCCCCCCCCCC(C)C)OC(=O)CCCCCCCCCCCCCCCC(C)C)OC(=O)CCCCCCCCCCCCC(C)CC. The highest BCUT2D eigenvalue weighted by molar-refractivity contribution is 7.47. The van der Waals surface area contributed by atoms with Gasteiger partial charge in [-0.2, -0.15) is 0 Å². The molecule has 0 saturated heterocycles. The summed E-state index contributed by atoms with van der Waals surface area (Å²) < 4.78 is 68.3. The summed E-state index contributed by atoms with van der Waals surface area (Å²) in [6.45, 7) is 11.9. The van der Waals surface area contributed by atoms with Gasteiger partial charge in [0.15, 0.2) is 12.2 Å². The van der Waals surface area contributed by atoms with Crippen molar-refractivity contribution in [3.63, 3.8) is 0 Å². The van der Waals surface area contributed by atoms with Crippen molar-refractivity contribution in [2.45, 2.75) is 388 Å². The third-order valence-corrected chi connectivity index (χ3v) is 19.1. The van der Waals surface area contributed by atoms with Crippen molar-refractivity contribution in [1.82, 2.24) is 0 Å². The van der Waals surface area contributed by atoms with E-state index in [0.29, 0.717) is 25.7 Å². The molecule has 546 valence electrons. The van der Waals surface area contributed by atoms with E-state index in [1.807, 2.05) is 0 Å². The fraction of sp³-hybridized carbons (Fsp3) is 0.945. The third kappa shape index (κ3) is 65.4. The maximum atomic E-state index is 13.1. The minimum Gasteiger partial charge on any atom is -0.462 e. The lowest BCUT2D eigenvalue weighted by atomic mass is 9.99. The van der Waals surface area contributed by atoms with Crippen LogP contribution in [-0.4, -0.2) is 96.7 Å². The van der Waals surface area contributed by atoms with Crippen molar-refractivity contribution >= 4 is 39.5 Å². The Morgan fingerprint density at radius 3 is 0.826 bits per heavy atom. The van der Waals surface area contributed by atoms with Gasteiger partial charge in [0.25, 0.3) is 0 Å². The second kappa shape index (κ2) is 63.8. The van der Waals surface area contributed by atoms with E-state index < -0.39 is 97.5 Å². The van der Waals surface area contributed by atoms with Crippen LogP contribution in [0.1, 0.15) is 370 Å². The first kappa shape index (κ1) is 90.1. The molecule has 0 aromatic carbocycles. The first-order chi connectivity index (χ1) is 44.3. The lowest BCUT2D eigenvalue weighted by Gasteiger charge is -2.21. The van der Waals surface area contributed by atoms with Crippen LogP contribution >= 0.6 is 15.6 Å². The molecule has 17 nitrogen and oxygen atoms in total. The summed E-state index contributed by atoms with van der Waals surface area (Å²) in [5.41, 5.74) is 0. The quantitative estimate of drug-likeness (QED) is 0.0222. The van der Waals surface area contributed by atoms with E-state index in [4.69, 9.17) is 37.0 Å². The zero-order valence-electron chi connectivity index (χ0n) is 60.0. The van der Waals surface area contributed by atoms with E-state index >= 15 is 0 Å². The molecule has 0 aliphatic carbocycles. The molecule has 3 N–H and O–H groups in total. The number of aliphatic hydroxyl groups excluding tert-OH is 1. The molecule has 0 aromatic rings. The molecule has 0 aliphatic rings. The molecule has 19 heteroatoms. The molecule has 0 amide bonds. The summed E-state index contributed by atoms with van der Waals surface area (Å²) >= 11 is 0. The van der Waals surface area contributed by atoms with Crippen molar-refractivity contribution < 1.29 is 80.2 Å². The first-order valence-corrected chi connectivity index (χ1v) is 40.9. The number of carbonyl (C=O) groups is 4. The van der Waals surface area contributed by atoms with Gasteiger partial charge < -0.3 is 33.8 Å². The van der Waals surface area contributed by atoms with Gasteiger partial charge in [-0.15, -0.1) is 0 Å². The molecule has 3 unspecified atom stereocenters. The highest BCUT2D eigenvalue weighted by Gasteiger charge is 2.30. The Labute approximate surface area is 562 Å². The Morgan fingerprint density at radius 1 is 0.315 bits per heavy atom. The number of unbranched alkanes of at least 4 members (excludes halogenated alkanes) is 38. The Kier molecular flexibility index (Phi) is 62.4. The summed E-state index contributed by atoms with van der Waals surface area (Å²) in [7, 11) is -9.90. The molecule has 0 fully saturated rings.